The summed E-state index contributed by atoms with van der Waals surface area (Å²) < 4.78 is 15.9. The summed E-state index contributed by atoms with van der Waals surface area (Å²) in [7, 11) is 0. The normalized spacial score (nSPS) is 17.8. The van der Waals surface area contributed by atoms with E-state index >= 15 is 0 Å². The molecule has 0 radical (unpaired) electrons. The molecule has 1 saturated heterocycles. The van der Waals surface area contributed by atoms with Gasteiger partial charge < -0.3 is 18.9 Å². The zero-order valence-electron chi connectivity index (χ0n) is 19.6. The van der Waals surface area contributed by atoms with Crippen molar-refractivity contribution in [2.75, 3.05) is 24.7 Å². The first-order valence-electron chi connectivity index (χ1n) is 11.8. The second-order valence-corrected chi connectivity index (χ2v) is 10.8. The average Bonchev–Trinajstić information content (AvgIpc) is 3.62. The SMILES string of the molecule is Cc1nnc(N2CCn3c(c(-c4cnn(C5CCCCO5)c4)c4c(OCC#N)cc(Cl)c(Cl)c43)C2)s1. The van der Waals surface area contributed by atoms with E-state index in [1.54, 1.807) is 17.4 Å². The van der Waals surface area contributed by atoms with Crippen LogP contribution in [0.15, 0.2) is 18.5 Å². The van der Waals surface area contributed by atoms with Crippen molar-refractivity contribution in [1.29, 1.82) is 5.26 Å². The number of anilines is 1. The number of fused-ring (bicyclic) bond motifs is 3. The van der Waals surface area contributed by atoms with Crippen LogP contribution in [0.2, 0.25) is 10.0 Å². The van der Waals surface area contributed by atoms with Crippen molar-refractivity contribution in [2.45, 2.75) is 45.5 Å². The third-order valence-corrected chi connectivity index (χ3v) is 8.32. The third-order valence-electron chi connectivity index (χ3n) is 6.65. The molecule has 5 heterocycles. The lowest BCUT2D eigenvalue weighted by molar-refractivity contribution is -0.0394. The van der Waals surface area contributed by atoms with Crippen LogP contribution in [-0.4, -0.2) is 44.3 Å². The molecule has 1 aromatic carbocycles. The van der Waals surface area contributed by atoms with Gasteiger partial charge in [-0.1, -0.05) is 34.5 Å². The summed E-state index contributed by atoms with van der Waals surface area (Å²) in [4.78, 5) is 2.22. The van der Waals surface area contributed by atoms with Gasteiger partial charge in [-0.05, 0) is 26.2 Å². The molecule has 0 spiro atoms. The molecular weight excluding hydrogens is 521 g/mol. The molecule has 1 atom stereocenters. The Labute approximate surface area is 221 Å². The fourth-order valence-corrected chi connectivity index (χ4v) is 6.21. The highest BCUT2D eigenvalue weighted by Crippen LogP contribution is 2.47. The molecule has 3 aromatic heterocycles. The van der Waals surface area contributed by atoms with Gasteiger partial charge in [0.25, 0.3) is 0 Å². The van der Waals surface area contributed by atoms with E-state index in [1.165, 1.54) is 0 Å². The van der Waals surface area contributed by atoms with E-state index < -0.39 is 0 Å². The highest BCUT2D eigenvalue weighted by atomic mass is 35.5. The summed E-state index contributed by atoms with van der Waals surface area (Å²) >= 11 is 14.9. The lowest BCUT2D eigenvalue weighted by Crippen LogP contribution is -2.33. The van der Waals surface area contributed by atoms with E-state index in [1.807, 2.05) is 24.0 Å². The Morgan fingerprint density at radius 3 is 2.92 bits per heavy atom. The first kappa shape index (κ1) is 23.6. The molecule has 186 valence electrons. The summed E-state index contributed by atoms with van der Waals surface area (Å²) in [5, 5.41) is 25.9. The van der Waals surface area contributed by atoms with E-state index in [4.69, 9.17) is 32.7 Å². The number of aromatic nitrogens is 5. The van der Waals surface area contributed by atoms with Crippen LogP contribution >= 0.6 is 34.5 Å². The summed E-state index contributed by atoms with van der Waals surface area (Å²) in [6.45, 7) is 4.63. The van der Waals surface area contributed by atoms with Gasteiger partial charge in [-0.15, -0.1) is 10.2 Å². The van der Waals surface area contributed by atoms with Crippen molar-refractivity contribution in [3.63, 3.8) is 0 Å². The number of hydrogen-bond donors (Lipinski definition) is 0. The fraction of sp³-hybridized carbons (Fsp3) is 0.417. The van der Waals surface area contributed by atoms with Gasteiger partial charge in [0.1, 0.15) is 23.1 Å². The van der Waals surface area contributed by atoms with Crippen LogP contribution in [-0.2, 0) is 17.8 Å². The van der Waals surface area contributed by atoms with Gasteiger partial charge in [0.2, 0.25) is 5.13 Å². The van der Waals surface area contributed by atoms with E-state index in [9.17, 15) is 5.26 Å². The minimum atomic E-state index is -0.0988. The predicted octanol–water partition coefficient (Wildman–Crippen LogP) is 5.59. The summed E-state index contributed by atoms with van der Waals surface area (Å²) in [5.74, 6) is 0.526. The predicted molar refractivity (Wildman–Crippen MR) is 139 cm³/mol. The number of hydrogen-bond acceptors (Lipinski definition) is 8. The van der Waals surface area contributed by atoms with Crippen molar-refractivity contribution >= 4 is 50.6 Å². The number of ether oxygens (including phenoxy) is 2. The molecule has 1 fully saturated rings. The molecular formula is C24H23Cl2N7O2S. The maximum Gasteiger partial charge on any atom is 0.208 e. The number of halogens is 2. The second-order valence-electron chi connectivity index (χ2n) is 8.87. The van der Waals surface area contributed by atoms with Crippen LogP contribution in [0.5, 0.6) is 5.75 Å². The third kappa shape index (κ3) is 4.00. The Morgan fingerprint density at radius 1 is 1.28 bits per heavy atom. The molecule has 6 rings (SSSR count). The monoisotopic (exact) mass is 543 g/mol. The van der Waals surface area contributed by atoms with Crippen LogP contribution < -0.4 is 9.64 Å². The molecule has 0 aliphatic carbocycles. The Balaban J connectivity index is 1.55. The topological polar surface area (TPSA) is 94.0 Å². The van der Waals surface area contributed by atoms with Crippen LogP contribution in [0.25, 0.3) is 22.0 Å². The van der Waals surface area contributed by atoms with Gasteiger partial charge in [0.05, 0.1) is 33.7 Å². The number of benzene rings is 1. The van der Waals surface area contributed by atoms with Gasteiger partial charge in [-0.2, -0.15) is 10.4 Å². The molecule has 9 nitrogen and oxygen atoms in total. The standard InChI is InChI=1S/C24H23Cl2N7O2S/c1-14-29-30-24(36-14)31-6-7-32-17(13-31)20(15-11-28-33(12-15)19-4-2-3-8-35-19)21-18(34-9-5-27)10-16(25)22(26)23(21)32/h10-12,19H,2-4,6-9,13H2,1H3. The minimum Gasteiger partial charge on any atom is -0.478 e. The van der Waals surface area contributed by atoms with Gasteiger partial charge in [-0.25, -0.2) is 4.68 Å². The molecule has 4 aromatic rings. The summed E-state index contributed by atoms with van der Waals surface area (Å²) in [6, 6.07) is 3.75. The average molecular weight is 544 g/mol. The lowest BCUT2D eigenvalue weighted by Gasteiger charge is -2.29. The Bertz CT molecular complexity index is 1480. The molecule has 2 aliphatic heterocycles. The molecule has 0 saturated carbocycles. The van der Waals surface area contributed by atoms with Gasteiger partial charge in [0.15, 0.2) is 6.61 Å². The number of nitriles is 1. The second kappa shape index (κ2) is 9.56. The molecule has 0 bridgehead atoms. The Hall–Kier alpha value is -2.84. The van der Waals surface area contributed by atoms with Crippen LogP contribution in [0, 0.1) is 18.3 Å². The maximum atomic E-state index is 9.20. The molecule has 12 heteroatoms. The smallest absolute Gasteiger partial charge is 0.208 e. The molecule has 0 N–H and O–H groups in total. The Morgan fingerprint density at radius 2 is 2.17 bits per heavy atom. The number of nitrogens with zero attached hydrogens (tertiary/aromatic N) is 7. The van der Waals surface area contributed by atoms with Crippen molar-refractivity contribution in [3.05, 3.63) is 39.2 Å². The summed E-state index contributed by atoms with van der Waals surface area (Å²) in [5.41, 5.74) is 3.75. The van der Waals surface area contributed by atoms with Crippen molar-refractivity contribution < 1.29 is 9.47 Å². The molecule has 0 amide bonds. The molecule has 1 unspecified atom stereocenters. The van der Waals surface area contributed by atoms with Crippen LogP contribution in [0.4, 0.5) is 5.13 Å². The van der Waals surface area contributed by atoms with E-state index in [0.717, 1.165) is 70.3 Å². The molecule has 36 heavy (non-hydrogen) atoms. The van der Waals surface area contributed by atoms with Crippen LogP contribution in [0.3, 0.4) is 0 Å². The van der Waals surface area contributed by atoms with Crippen molar-refractivity contribution in [3.8, 4) is 22.9 Å². The Kier molecular flexibility index (Phi) is 6.25. The van der Waals surface area contributed by atoms with Gasteiger partial charge >= 0.3 is 0 Å². The van der Waals surface area contributed by atoms with E-state index in [2.05, 4.69) is 30.8 Å². The molecule has 2 aliphatic rings. The van der Waals surface area contributed by atoms with E-state index in [-0.39, 0.29) is 12.8 Å². The fourth-order valence-electron chi connectivity index (χ4n) is 5.06. The van der Waals surface area contributed by atoms with Crippen molar-refractivity contribution in [2.24, 2.45) is 0 Å². The highest BCUT2D eigenvalue weighted by Gasteiger charge is 2.31. The van der Waals surface area contributed by atoms with Gasteiger partial charge in [-0.3, -0.25) is 0 Å². The van der Waals surface area contributed by atoms with Gasteiger partial charge in [0, 0.05) is 48.8 Å². The summed E-state index contributed by atoms with van der Waals surface area (Å²) in [6.07, 6.45) is 6.92. The lowest BCUT2D eigenvalue weighted by atomic mass is 10.0. The number of aryl methyl sites for hydroxylation is 1. The highest BCUT2D eigenvalue weighted by molar-refractivity contribution is 7.15. The zero-order chi connectivity index (χ0) is 24.8. The first-order valence-corrected chi connectivity index (χ1v) is 13.4. The van der Waals surface area contributed by atoms with Crippen molar-refractivity contribution in [1.82, 2.24) is 24.5 Å². The van der Waals surface area contributed by atoms with Crippen LogP contribution in [0.1, 0.15) is 36.2 Å². The first-order chi connectivity index (χ1) is 17.5. The van der Waals surface area contributed by atoms with E-state index in [0.29, 0.717) is 28.9 Å². The minimum absolute atomic E-state index is 0.0783. The maximum absolute atomic E-state index is 9.20. The largest absolute Gasteiger partial charge is 0.478 e. The number of rotatable bonds is 5. The quantitative estimate of drug-likeness (QED) is 0.323. The zero-order valence-corrected chi connectivity index (χ0v) is 21.9.